The third-order valence-electron chi connectivity index (χ3n) is 4.94. The third kappa shape index (κ3) is 4.63. The minimum absolute atomic E-state index is 0.0499. The first-order valence-electron chi connectivity index (χ1n) is 8.74. The van der Waals surface area contributed by atoms with E-state index in [2.05, 4.69) is 23.9 Å². The molecule has 0 spiro atoms. The molecule has 2 atom stereocenters. The number of nitrogens with zero attached hydrogens (tertiary/aromatic N) is 3. The van der Waals surface area contributed by atoms with Gasteiger partial charge >= 0.3 is 0 Å². The first-order valence-corrected chi connectivity index (χ1v) is 9.12. The van der Waals surface area contributed by atoms with Gasteiger partial charge in [-0.1, -0.05) is 25.1 Å². The smallest absolute Gasteiger partial charge is 0.244 e. The number of hydrogen-bond donors (Lipinski definition) is 1. The summed E-state index contributed by atoms with van der Waals surface area (Å²) in [4.78, 5) is 26.1. The molecule has 2 rings (SSSR count). The summed E-state index contributed by atoms with van der Waals surface area (Å²) in [6.45, 7) is 10.8. The molecular weight excluding hydrogens is 340 g/mol. The maximum Gasteiger partial charge on any atom is 0.244 e. The molecule has 1 aliphatic rings. The van der Waals surface area contributed by atoms with Crippen molar-refractivity contribution in [1.29, 1.82) is 0 Å². The van der Waals surface area contributed by atoms with E-state index in [-0.39, 0.29) is 24.4 Å². The summed E-state index contributed by atoms with van der Waals surface area (Å²) in [6, 6.07) is 0.124. The van der Waals surface area contributed by atoms with Gasteiger partial charge in [0.2, 0.25) is 11.8 Å². The van der Waals surface area contributed by atoms with Crippen molar-refractivity contribution in [3.63, 3.8) is 0 Å². The van der Waals surface area contributed by atoms with Crippen molar-refractivity contribution < 1.29 is 9.59 Å². The highest BCUT2D eigenvalue weighted by atomic mass is 35.5. The van der Waals surface area contributed by atoms with Crippen LogP contribution in [0.25, 0.3) is 0 Å². The van der Waals surface area contributed by atoms with Gasteiger partial charge in [0, 0.05) is 19.1 Å². The van der Waals surface area contributed by atoms with Crippen molar-refractivity contribution in [2.24, 2.45) is 5.92 Å². The molecule has 2 heterocycles. The van der Waals surface area contributed by atoms with Crippen LogP contribution in [0.2, 0.25) is 5.02 Å². The molecule has 0 aromatic carbocycles. The summed E-state index contributed by atoms with van der Waals surface area (Å²) in [5.41, 5.74) is 1.55. The van der Waals surface area contributed by atoms with Crippen molar-refractivity contribution in [2.75, 3.05) is 13.1 Å². The molecule has 1 aliphatic heterocycles. The van der Waals surface area contributed by atoms with Crippen molar-refractivity contribution in [1.82, 2.24) is 20.0 Å². The highest BCUT2D eigenvalue weighted by Gasteiger charge is 2.31. The van der Waals surface area contributed by atoms with Crippen molar-refractivity contribution in [2.45, 2.75) is 52.6 Å². The van der Waals surface area contributed by atoms with E-state index in [9.17, 15) is 9.59 Å². The minimum Gasteiger partial charge on any atom is -0.352 e. The van der Waals surface area contributed by atoms with Gasteiger partial charge in [-0.3, -0.25) is 14.3 Å². The van der Waals surface area contributed by atoms with Crippen LogP contribution in [0.4, 0.5) is 0 Å². The number of aryl methyl sites for hydroxylation is 1. The fraction of sp³-hybridized carbons (Fsp3) is 0.611. The van der Waals surface area contributed by atoms with Crippen LogP contribution in [-0.2, 0) is 16.1 Å². The zero-order valence-corrected chi connectivity index (χ0v) is 16.0. The van der Waals surface area contributed by atoms with Gasteiger partial charge in [-0.05, 0) is 45.1 Å². The summed E-state index contributed by atoms with van der Waals surface area (Å²) in [5.74, 6) is 0.273. The highest BCUT2D eigenvalue weighted by molar-refractivity contribution is 6.31. The Hall–Kier alpha value is -1.82. The molecule has 0 bridgehead atoms. The number of aromatic nitrogens is 2. The van der Waals surface area contributed by atoms with Crippen LogP contribution in [0, 0.1) is 19.8 Å². The first kappa shape index (κ1) is 19.5. The molecule has 7 heteroatoms. The number of carbonyl (C=O) groups excluding carboxylic acids is 2. The molecule has 0 saturated carbocycles. The zero-order valence-electron chi connectivity index (χ0n) is 15.2. The van der Waals surface area contributed by atoms with Gasteiger partial charge in [0.1, 0.15) is 6.54 Å². The zero-order chi connectivity index (χ0) is 18.6. The van der Waals surface area contributed by atoms with Gasteiger partial charge in [-0.2, -0.15) is 5.10 Å². The lowest BCUT2D eigenvalue weighted by Gasteiger charge is -2.40. The van der Waals surface area contributed by atoms with Gasteiger partial charge in [-0.15, -0.1) is 0 Å². The van der Waals surface area contributed by atoms with Crippen LogP contribution in [0.1, 0.15) is 37.6 Å². The van der Waals surface area contributed by atoms with Crippen LogP contribution in [-0.4, -0.2) is 45.6 Å². The van der Waals surface area contributed by atoms with Crippen LogP contribution in [0.3, 0.4) is 0 Å². The summed E-state index contributed by atoms with van der Waals surface area (Å²) in [5, 5.41) is 7.77. The number of hydrogen-bond acceptors (Lipinski definition) is 3. The monoisotopic (exact) mass is 366 g/mol. The molecule has 1 aromatic rings. The van der Waals surface area contributed by atoms with Crippen LogP contribution in [0.15, 0.2) is 12.7 Å². The van der Waals surface area contributed by atoms with E-state index < -0.39 is 0 Å². The summed E-state index contributed by atoms with van der Waals surface area (Å²) >= 11 is 6.17. The van der Waals surface area contributed by atoms with Gasteiger partial charge in [0.25, 0.3) is 0 Å². The Kier molecular flexibility index (Phi) is 6.64. The fourth-order valence-electron chi connectivity index (χ4n) is 3.46. The summed E-state index contributed by atoms with van der Waals surface area (Å²) in [6.07, 6.45) is 4.10. The predicted octanol–water partition coefficient (Wildman–Crippen LogP) is 2.47. The Labute approximate surface area is 154 Å². The molecule has 2 amide bonds. The van der Waals surface area contributed by atoms with Crippen molar-refractivity contribution in [3.05, 3.63) is 29.1 Å². The SMILES string of the molecule is C=CC(=O)NCCC1C(C)CCCN1C(=O)Cn1nc(C)c(Cl)c1C. The van der Waals surface area contributed by atoms with E-state index in [1.165, 1.54) is 6.08 Å². The highest BCUT2D eigenvalue weighted by Crippen LogP contribution is 2.26. The second-order valence-electron chi connectivity index (χ2n) is 6.70. The Morgan fingerprint density at radius 2 is 2.16 bits per heavy atom. The predicted molar refractivity (Wildman–Crippen MR) is 98.4 cm³/mol. The first-order chi connectivity index (χ1) is 11.8. The van der Waals surface area contributed by atoms with E-state index in [0.29, 0.717) is 17.5 Å². The molecule has 1 aromatic heterocycles. The van der Waals surface area contributed by atoms with E-state index in [1.807, 2.05) is 18.7 Å². The number of likely N-dealkylation sites (tertiary alicyclic amines) is 1. The van der Waals surface area contributed by atoms with Gasteiger partial charge in [-0.25, -0.2) is 0 Å². The lowest BCUT2D eigenvalue weighted by atomic mass is 9.88. The summed E-state index contributed by atoms with van der Waals surface area (Å²) < 4.78 is 1.68. The number of carbonyl (C=O) groups is 2. The number of amides is 2. The molecule has 1 fully saturated rings. The average Bonchev–Trinajstić information content (AvgIpc) is 2.82. The summed E-state index contributed by atoms with van der Waals surface area (Å²) in [7, 11) is 0. The molecule has 0 aliphatic carbocycles. The van der Waals surface area contributed by atoms with Crippen molar-refractivity contribution >= 4 is 23.4 Å². The lowest BCUT2D eigenvalue weighted by Crippen LogP contribution is -2.50. The number of rotatable bonds is 6. The van der Waals surface area contributed by atoms with Crippen LogP contribution < -0.4 is 5.32 Å². The molecule has 1 saturated heterocycles. The minimum atomic E-state index is -0.182. The quantitative estimate of drug-likeness (QED) is 0.786. The Morgan fingerprint density at radius 1 is 1.44 bits per heavy atom. The molecule has 138 valence electrons. The van der Waals surface area contributed by atoms with Crippen molar-refractivity contribution in [3.8, 4) is 0 Å². The van der Waals surface area contributed by atoms with E-state index >= 15 is 0 Å². The average molecular weight is 367 g/mol. The Bertz CT molecular complexity index is 656. The normalized spacial score (nSPS) is 20.4. The van der Waals surface area contributed by atoms with E-state index in [1.54, 1.807) is 4.68 Å². The number of nitrogens with one attached hydrogen (secondary N) is 1. The second-order valence-corrected chi connectivity index (χ2v) is 7.08. The van der Waals surface area contributed by atoms with E-state index in [4.69, 9.17) is 11.6 Å². The lowest BCUT2D eigenvalue weighted by molar-refractivity contribution is -0.137. The topological polar surface area (TPSA) is 67.2 Å². The Balaban J connectivity index is 2.04. The molecule has 25 heavy (non-hydrogen) atoms. The molecular formula is C18H27ClN4O2. The molecule has 6 nitrogen and oxygen atoms in total. The number of halogens is 1. The molecule has 2 unspecified atom stereocenters. The standard InChI is InChI=1S/C18H27ClN4O2/c1-5-16(24)20-9-8-15-12(2)7-6-10-22(15)17(25)11-23-14(4)18(19)13(3)21-23/h5,12,15H,1,6-11H2,2-4H3,(H,20,24). The van der Waals surface area contributed by atoms with Crippen LogP contribution in [0.5, 0.6) is 0 Å². The largest absolute Gasteiger partial charge is 0.352 e. The van der Waals surface area contributed by atoms with Gasteiger partial charge in [0.15, 0.2) is 0 Å². The Morgan fingerprint density at radius 3 is 2.76 bits per heavy atom. The molecule has 0 radical (unpaired) electrons. The van der Waals surface area contributed by atoms with E-state index in [0.717, 1.165) is 37.2 Å². The van der Waals surface area contributed by atoms with Gasteiger partial charge in [0.05, 0.1) is 16.4 Å². The number of piperidine rings is 1. The molecule has 1 N–H and O–H groups in total. The maximum atomic E-state index is 12.9. The second kappa shape index (κ2) is 8.52. The van der Waals surface area contributed by atoms with Gasteiger partial charge < -0.3 is 10.2 Å². The fourth-order valence-corrected chi connectivity index (χ4v) is 3.60. The van der Waals surface area contributed by atoms with Crippen LogP contribution >= 0.6 is 11.6 Å². The maximum absolute atomic E-state index is 12.9. The third-order valence-corrected chi connectivity index (χ3v) is 5.49.